The first-order valence-electron chi connectivity index (χ1n) is 7.81. The molecule has 2 aromatic rings. The van der Waals surface area contributed by atoms with Crippen LogP contribution in [0.2, 0.25) is 0 Å². The summed E-state index contributed by atoms with van der Waals surface area (Å²) in [4.78, 5) is 16.7. The van der Waals surface area contributed by atoms with Gasteiger partial charge in [-0.3, -0.25) is 4.79 Å². The second kappa shape index (κ2) is 7.36. The Kier molecular flexibility index (Phi) is 5.51. The molecule has 0 atom stereocenters. The Morgan fingerprint density at radius 3 is 2.81 bits per heavy atom. The van der Waals surface area contributed by atoms with Crippen molar-refractivity contribution in [3.05, 3.63) is 30.1 Å². The molecule has 0 radical (unpaired) electrons. The Hall–Kier alpha value is -1.68. The van der Waals surface area contributed by atoms with Gasteiger partial charge < -0.3 is 9.88 Å². The van der Waals surface area contributed by atoms with E-state index in [1.165, 1.54) is 0 Å². The van der Waals surface area contributed by atoms with E-state index < -0.39 is 0 Å². The summed E-state index contributed by atoms with van der Waals surface area (Å²) in [5, 5.41) is 3.34. The van der Waals surface area contributed by atoms with E-state index in [0.29, 0.717) is 18.9 Å². The molecule has 0 fully saturated rings. The van der Waals surface area contributed by atoms with Crippen LogP contribution in [-0.4, -0.2) is 27.9 Å². The highest BCUT2D eigenvalue weighted by molar-refractivity contribution is 5.82. The zero-order chi connectivity index (χ0) is 15.2. The van der Waals surface area contributed by atoms with Crippen LogP contribution in [-0.2, 0) is 17.8 Å². The smallest absolute Gasteiger partial charge is 0.140 e. The van der Waals surface area contributed by atoms with Crippen LogP contribution >= 0.6 is 0 Å². The SMILES string of the molecule is CCn1c(CC(=O)CCCNC(C)C)nc2ccccc21. The lowest BCUT2D eigenvalue weighted by atomic mass is 10.1. The van der Waals surface area contributed by atoms with Gasteiger partial charge in [0.1, 0.15) is 11.6 Å². The summed E-state index contributed by atoms with van der Waals surface area (Å²) in [6, 6.07) is 8.54. The number of carbonyl (C=O) groups is 1. The van der Waals surface area contributed by atoms with Crippen LogP contribution in [0.4, 0.5) is 0 Å². The third kappa shape index (κ3) is 4.14. The van der Waals surface area contributed by atoms with Gasteiger partial charge in [-0.25, -0.2) is 4.98 Å². The van der Waals surface area contributed by atoms with Gasteiger partial charge in [0, 0.05) is 19.0 Å². The van der Waals surface area contributed by atoms with Gasteiger partial charge in [0.2, 0.25) is 0 Å². The maximum absolute atomic E-state index is 12.1. The van der Waals surface area contributed by atoms with Crippen LogP contribution in [0.1, 0.15) is 39.4 Å². The lowest BCUT2D eigenvalue weighted by Gasteiger charge is -2.08. The Morgan fingerprint density at radius 2 is 2.10 bits per heavy atom. The molecule has 0 saturated carbocycles. The minimum atomic E-state index is 0.269. The minimum absolute atomic E-state index is 0.269. The fourth-order valence-electron chi connectivity index (χ4n) is 2.55. The molecule has 1 aromatic carbocycles. The number of nitrogens with one attached hydrogen (secondary N) is 1. The van der Waals surface area contributed by atoms with E-state index in [9.17, 15) is 4.79 Å². The first kappa shape index (κ1) is 15.7. The van der Waals surface area contributed by atoms with Crippen molar-refractivity contribution in [3.63, 3.8) is 0 Å². The van der Waals surface area contributed by atoms with Crippen molar-refractivity contribution in [2.24, 2.45) is 0 Å². The molecule has 0 saturated heterocycles. The molecular weight excluding hydrogens is 262 g/mol. The van der Waals surface area contributed by atoms with Gasteiger partial charge in [-0.2, -0.15) is 0 Å². The lowest BCUT2D eigenvalue weighted by molar-refractivity contribution is -0.118. The molecule has 0 aliphatic carbocycles. The molecule has 114 valence electrons. The van der Waals surface area contributed by atoms with E-state index in [0.717, 1.165) is 36.4 Å². The zero-order valence-electron chi connectivity index (χ0n) is 13.2. The molecule has 0 aliphatic heterocycles. The molecule has 0 aliphatic rings. The number of nitrogens with zero attached hydrogens (tertiary/aromatic N) is 2. The summed E-state index contributed by atoms with van der Waals surface area (Å²) in [6.07, 6.45) is 1.94. The number of Topliss-reactive ketones (excluding diaryl/α,β-unsaturated/α-hetero) is 1. The number of aromatic nitrogens is 2. The van der Waals surface area contributed by atoms with E-state index in [2.05, 4.69) is 41.7 Å². The highest BCUT2D eigenvalue weighted by atomic mass is 16.1. The van der Waals surface area contributed by atoms with Crippen molar-refractivity contribution in [1.82, 2.24) is 14.9 Å². The molecule has 1 N–H and O–H groups in total. The summed E-state index contributed by atoms with van der Waals surface area (Å²) in [5.41, 5.74) is 2.09. The molecule has 1 aromatic heterocycles. The summed E-state index contributed by atoms with van der Waals surface area (Å²) >= 11 is 0. The highest BCUT2D eigenvalue weighted by Crippen LogP contribution is 2.16. The summed E-state index contributed by atoms with van der Waals surface area (Å²) < 4.78 is 2.14. The monoisotopic (exact) mass is 287 g/mol. The van der Waals surface area contributed by atoms with Crippen LogP contribution < -0.4 is 5.32 Å². The van der Waals surface area contributed by atoms with Gasteiger partial charge in [0.15, 0.2) is 0 Å². The summed E-state index contributed by atoms with van der Waals surface area (Å²) in [7, 11) is 0. The van der Waals surface area contributed by atoms with Crippen LogP contribution in [0.15, 0.2) is 24.3 Å². The first-order valence-corrected chi connectivity index (χ1v) is 7.81. The molecule has 4 nitrogen and oxygen atoms in total. The number of fused-ring (bicyclic) bond motifs is 1. The fraction of sp³-hybridized carbons (Fsp3) is 0.529. The quantitative estimate of drug-likeness (QED) is 0.759. The van der Waals surface area contributed by atoms with Crippen molar-refractivity contribution in [2.75, 3.05) is 6.54 Å². The minimum Gasteiger partial charge on any atom is -0.328 e. The van der Waals surface area contributed by atoms with Gasteiger partial charge in [-0.1, -0.05) is 26.0 Å². The predicted octanol–water partition coefficient (Wildman–Crippen LogP) is 2.95. The van der Waals surface area contributed by atoms with Crippen molar-refractivity contribution >= 4 is 16.8 Å². The van der Waals surface area contributed by atoms with Crippen LogP contribution in [0, 0.1) is 0 Å². The highest BCUT2D eigenvalue weighted by Gasteiger charge is 2.12. The Bertz CT molecular complexity index is 601. The maximum atomic E-state index is 12.1. The molecule has 2 rings (SSSR count). The normalized spacial score (nSPS) is 11.4. The van der Waals surface area contributed by atoms with E-state index >= 15 is 0 Å². The van der Waals surface area contributed by atoms with Crippen LogP contribution in [0.25, 0.3) is 11.0 Å². The van der Waals surface area contributed by atoms with Crippen LogP contribution in [0.3, 0.4) is 0 Å². The van der Waals surface area contributed by atoms with Gasteiger partial charge in [0.05, 0.1) is 17.5 Å². The van der Waals surface area contributed by atoms with Crippen molar-refractivity contribution in [1.29, 1.82) is 0 Å². The van der Waals surface area contributed by atoms with E-state index in [1.54, 1.807) is 0 Å². The van der Waals surface area contributed by atoms with Gasteiger partial charge in [-0.15, -0.1) is 0 Å². The number of para-hydroxylation sites is 2. The maximum Gasteiger partial charge on any atom is 0.140 e. The first-order chi connectivity index (χ1) is 10.1. The average Bonchev–Trinajstić information content (AvgIpc) is 2.80. The summed E-state index contributed by atoms with van der Waals surface area (Å²) in [5.74, 6) is 1.16. The topological polar surface area (TPSA) is 46.9 Å². The third-order valence-corrected chi connectivity index (χ3v) is 3.59. The number of carbonyl (C=O) groups excluding carboxylic acids is 1. The van der Waals surface area contributed by atoms with Crippen molar-refractivity contribution in [3.8, 4) is 0 Å². The number of ketones is 1. The molecule has 0 bridgehead atoms. The molecule has 0 unspecified atom stereocenters. The number of hydrogen-bond donors (Lipinski definition) is 1. The molecular formula is C17H25N3O. The zero-order valence-corrected chi connectivity index (χ0v) is 13.2. The number of imidazole rings is 1. The van der Waals surface area contributed by atoms with E-state index in [-0.39, 0.29) is 5.78 Å². The van der Waals surface area contributed by atoms with Gasteiger partial charge >= 0.3 is 0 Å². The van der Waals surface area contributed by atoms with Gasteiger partial charge in [0.25, 0.3) is 0 Å². The van der Waals surface area contributed by atoms with Crippen LogP contribution in [0.5, 0.6) is 0 Å². The van der Waals surface area contributed by atoms with Crippen molar-refractivity contribution in [2.45, 2.75) is 52.6 Å². The lowest BCUT2D eigenvalue weighted by Crippen LogP contribution is -2.24. The Morgan fingerprint density at radius 1 is 1.33 bits per heavy atom. The number of rotatable bonds is 8. The standard InChI is InChI=1S/C17H25N3O/c1-4-20-16-10-6-5-9-15(16)19-17(20)12-14(21)8-7-11-18-13(2)3/h5-6,9-10,13,18H,4,7-8,11-12H2,1-3H3. The largest absolute Gasteiger partial charge is 0.328 e. The second-order valence-corrected chi connectivity index (χ2v) is 5.69. The van der Waals surface area contributed by atoms with E-state index in [4.69, 9.17) is 0 Å². The molecule has 0 amide bonds. The number of benzene rings is 1. The third-order valence-electron chi connectivity index (χ3n) is 3.59. The average molecular weight is 287 g/mol. The van der Waals surface area contributed by atoms with E-state index in [1.807, 2.05) is 18.2 Å². The number of aryl methyl sites for hydroxylation is 1. The molecule has 4 heteroatoms. The predicted molar refractivity (Wildman–Crippen MR) is 86.5 cm³/mol. The molecule has 0 spiro atoms. The molecule has 21 heavy (non-hydrogen) atoms. The number of hydrogen-bond acceptors (Lipinski definition) is 3. The Balaban J connectivity index is 1.97. The fourth-order valence-corrected chi connectivity index (χ4v) is 2.55. The Labute approximate surface area is 126 Å². The summed E-state index contributed by atoms with van der Waals surface area (Å²) in [6.45, 7) is 8.07. The molecule has 1 heterocycles. The van der Waals surface area contributed by atoms with Gasteiger partial charge in [-0.05, 0) is 32.0 Å². The second-order valence-electron chi connectivity index (χ2n) is 5.69. The van der Waals surface area contributed by atoms with Crippen molar-refractivity contribution < 1.29 is 4.79 Å².